The molecule has 23 heavy (non-hydrogen) atoms. The van der Waals surface area contributed by atoms with Crippen LogP contribution < -0.4 is 9.88 Å². The number of amides is 2. The molecule has 1 aliphatic rings. The Hall–Kier alpha value is -3.11. The van der Waals surface area contributed by atoms with Gasteiger partial charge in [-0.15, -0.1) is 0 Å². The van der Waals surface area contributed by atoms with Crippen LogP contribution in [0.5, 0.6) is 0 Å². The summed E-state index contributed by atoms with van der Waals surface area (Å²) in [5, 5.41) is 11.5. The van der Waals surface area contributed by atoms with Crippen molar-refractivity contribution in [2.45, 2.75) is 12.0 Å². The van der Waals surface area contributed by atoms with Crippen LogP contribution >= 0.6 is 0 Å². The maximum Gasteiger partial charge on any atom is 0.296 e. The van der Waals surface area contributed by atoms with E-state index in [9.17, 15) is 19.4 Å². The second kappa shape index (κ2) is 5.94. The van der Waals surface area contributed by atoms with E-state index in [4.69, 9.17) is 0 Å². The van der Waals surface area contributed by atoms with E-state index >= 15 is 0 Å². The summed E-state index contributed by atoms with van der Waals surface area (Å²) in [6, 6.07) is 10.0. The molecule has 1 N–H and O–H groups in total. The molecule has 6 heteroatoms. The van der Waals surface area contributed by atoms with Gasteiger partial charge in [0, 0.05) is 12.1 Å². The van der Waals surface area contributed by atoms with Gasteiger partial charge in [-0.2, -0.15) is 4.57 Å². The smallest absolute Gasteiger partial charge is 0.296 e. The van der Waals surface area contributed by atoms with Crippen LogP contribution in [0.4, 0.5) is 4.39 Å². The minimum Gasteiger partial charge on any atom is -0.763 e. The SMILES string of the molecule is [N-]=C=C1C(=O)NC(=O)[C@@H]([n+]2ccccc2)[C@@H]1c1cccc(F)c1. The number of benzene rings is 1. The number of aromatic nitrogens is 1. The number of carbonyl (C=O) groups is 2. The fraction of sp³-hybridized carbons (Fsp3) is 0.118. The Bertz CT molecular complexity index is 829. The largest absolute Gasteiger partial charge is 0.763 e. The van der Waals surface area contributed by atoms with Crippen molar-refractivity contribution in [1.82, 2.24) is 5.32 Å². The maximum atomic E-state index is 13.6. The Balaban J connectivity index is 2.20. The van der Waals surface area contributed by atoms with Gasteiger partial charge in [0.1, 0.15) is 5.82 Å². The van der Waals surface area contributed by atoms with E-state index in [0.29, 0.717) is 5.56 Å². The number of piperidine rings is 1. The molecule has 1 saturated heterocycles. The molecule has 0 radical (unpaired) electrons. The molecule has 1 aromatic carbocycles. The van der Waals surface area contributed by atoms with Crippen LogP contribution in [0.3, 0.4) is 0 Å². The van der Waals surface area contributed by atoms with Gasteiger partial charge in [0.05, 0.1) is 11.5 Å². The maximum absolute atomic E-state index is 13.6. The Kier molecular flexibility index (Phi) is 3.83. The van der Waals surface area contributed by atoms with Crippen molar-refractivity contribution in [1.29, 1.82) is 0 Å². The van der Waals surface area contributed by atoms with Crippen molar-refractivity contribution in [3.63, 3.8) is 0 Å². The third-order valence-corrected chi connectivity index (χ3v) is 3.76. The topological polar surface area (TPSA) is 72.3 Å². The van der Waals surface area contributed by atoms with Gasteiger partial charge in [-0.3, -0.25) is 20.8 Å². The van der Waals surface area contributed by atoms with E-state index in [1.165, 1.54) is 18.2 Å². The summed E-state index contributed by atoms with van der Waals surface area (Å²) in [5.41, 5.74) is 0.294. The predicted octanol–water partition coefficient (Wildman–Crippen LogP) is 1.26. The predicted molar refractivity (Wildman–Crippen MR) is 79.8 cm³/mol. The van der Waals surface area contributed by atoms with E-state index in [-0.39, 0.29) is 5.57 Å². The lowest BCUT2D eigenvalue weighted by atomic mass is 9.81. The summed E-state index contributed by atoms with van der Waals surface area (Å²) < 4.78 is 15.2. The zero-order valence-corrected chi connectivity index (χ0v) is 11.9. The van der Waals surface area contributed by atoms with Gasteiger partial charge in [0.25, 0.3) is 11.8 Å². The highest BCUT2D eigenvalue weighted by atomic mass is 19.1. The number of nitrogens with one attached hydrogen (secondary N) is 1. The lowest BCUT2D eigenvalue weighted by Gasteiger charge is -2.28. The second-order valence-electron chi connectivity index (χ2n) is 5.14. The number of carbonyl (C=O) groups excluding carboxylic acids is 2. The molecule has 5 nitrogen and oxygen atoms in total. The fourth-order valence-electron chi connectivity index (χ4n) is 2.78. The summed E-state index contributed by atoms with van der Waals surface area (Å²) in [6.45, 7) is 0. The van der Waals surface area contributed by atoms with Crippen LogP contribution in [0.15, 0.2) is 60.4 Å². The summed E-state index contributed by atoms with van der Waals surface area (Å²) in [5.74, 6) is -0.740. The summed E-state index contributed by atoms with van der Waals surface area (Å²) >= 11 is 0. The number of imide groups is 1. The average molecular weight is 309 g/mol. The zero-order chi connectivity index (χ0) is 16.4. The Morgan fingerprint density at radius 1 is 1.13 bits per heavy atom. The lowest BCUT2D eigenvalue weighted by molar-refractivity contribution is -0.711. The van der Waals surface area contributed by atoms with Gasteiger partial charge in [-0.1, -0.05) is 18.2 Å². The van der Waals surface area contributed by atoms with Crippen LogP contribution in [0.25, 0.3) is 5.41 Å². The number of halogens is 1. The van der Waals surface area contributed by atoms with Crippen molar-refractivity contribution in [2.75, 3.05) is 0 Å². The standard InChI is InChI=1S/C17H12FN3O2/c18-12-6-4-5-11(9-12)14-13(10-19)16(22)20-17(23)15(14)21-7-2-1-3-8-21/h1-9,14-15H,(H,20,22,23)/t14-,15+/m1/s1. The van der Waals surface area contributed by atoms with Crippen molar-refractivity contribution in [3.8, 4) is 0 Å². The molecule has 3 rings (SSSR count). The molecule has 1 aromatic heterocycles. The van der Waals surface area contributed by atoms with Gasteiger partial charge >= 0.3 is 0 Å². The Labute approximate surface area is 131 Å². The van der Waals surface area contributed by atoms with Crippen LogP contribution in [0.2, 0.25) is 0 Å². The third kappa shape index (κ3) is 2.67. The number of hydrogen-bond donors (Lipinski definition) is 1. The fourth-order valence-corrected chi connectivity index (χ4v) is 2.78. The highest BCUT2D eigenvalue weighted by Crippen LogP contribution is 2.34. The Morgan fingerprint density at radius 2 is 1.87 bits per heavy atom. The molecule has 0 saturated carbocycles. The molecule has 2 atom stereocenters. The highest BCUT2D eigenvalue weighted by molar-refractivity contribution is 6.14. The van der Waals surface area contributed by atoms with Crippen molar-refractivity contribution in [2.24, 2.45) is 0 Å². The average Bonchev–Trinajstić information content (AvgIpc) is 2.55. The monoisotopic (exact) mass is 309 g/mol. The number of hydrogen-bond acceptors (Lipinski definition) is 2. The van der Waals surface area contributed by atoms with Crippen LogP contribution in [-0.2, 0) is 9.59 Å². The minimum absolute atomic E-state index is 0.114. The highest BCUT2D eigenvalue weighted by Gasteiger charge is 2.46. The van der Waals surface area contributed by atoms with Crippen molar-refractivity contribution >= 4 is 17.7 Å². The first-order valence-electron chi connectivity index (χ1n) is 6.95. The molecule has 0 aliphatic carbocycles. The first-order valence-corrected chi connectivity index (χ1v) is 6.95. The normalized spacial score (nSPS) is 20.8. The van der Waals surface area contributed by atoms with E-state index < -0.39 is 29.6 Å². The molecule has 2 aromatic rings. The first kappa shape index (κ1) is 14.8. The molecular weight excluding hydrogens is 297 g/mol. The van der Waals surface area contributed by atoms with E-state index in [1.807, 2.05) is 5.87 Å². The molecule has 0 unspecified atom stereocenters. The molecule has 0 bridgehead atoms. The minimum atomic E-state index is -0.843. The summed E-state index contributed by atoms with van der Waals surface area (Å²) in [6.07, 6.45) is 3.34. The molecule has 2 heterocycles. The van der Waals surface area contributed by atoms with Gasteiger partial charge in [0.2, 0.25) is 6.04 Å². The number of pyridine rings is 1. The van der Waals surface area contributed by atoms with E-state index in [1.54, 1.807) is 41.2 Å². The quantitative estimate of drug-likeness (QED) is 0.392. The van der Waals surface area contributed by atoms with E-state index in [0.717, 1.165) is 0 Å². The molecule has 1 aliphatic heterocycles. The Morgan fingerprint density at radius 3 is 2.52 bits per heavy atom. The molecule has 1 fully saturated rings. The van der Waals surface area contributed by atoms with Gasteiger partial charge in [-0.05, 0) is 17.7 Å². The van der Waals surface area contributed by atoms with Crippen molar-refractivity contribution < 1.29 is 18.5 Å². The van der Waals surface area contributed by atoms with Crippen LogP contribution in [0, 0.1) is 5.82 Å². The number of nitrogens with zero attached hydrogens (tertiary/aromatic N) is 2. The van der Waals surface area contributed by atoms with Crippen molar-refractivity contribution in [3.05, 3.63) is 77.2 Å². The molecule has 2 amide bonds. The second-order valence-corrected chi connectivity index (χ2v) is 5.14. The van der Waals surface area contributed by atoms with Crippen LogP contribution in [0.1, 0.15) is 17.5 Å². The third-order valence-electron chi connectivity index (χ3n) is 3.76. The zero-order valence-electron chi connectivity index (χ0n) is 11.9. The molecular formula is C17H12FN3O2. The lowest BCUT2D eigenvalue weighted by Crippen LogP contribution is -2.57. The first-order chi connectivity index (χ1) is 11.1. The van der Waals surface area contributed by atoms with Gasteiger partial charge < -0.3 is 5.41 Å². The summed E-state index contributed by atoms with van der Waals surface area (Å²) in [7, 11) is 0. The van der Waals surface area contributed by atoms with Crippen LogP contribution in [-0.4, -0.2) is 17.7 Å². The van der Waals surface area contributed by atoms with Gasteiger partial charge in [-0.25, -0.2) is 4.39 Å². The number of rotatable bonds is 2. The van der Waals surface area contributed by atoms with E-state index in [2.05, 4.69) is 5.32 Å². The van der Waals surface area contributed by atoms with Gasteiger partial charge in [0.15, 0.2) is 12.4 Å². The molecule has 0 spiro atoms. The molecule has 114 valence electrons. The summed E-state index contributed by atoms with van der Waals surface area (Å²) in [4.78, 5) is 24.4.